The summed E-state index contributed by atoms with van der Waals surface area (Å²) >= 11 is 1.62. The predicted octanol–water partition coefficient (Wildman–Crippen LogP) is 5.51. The molecule has 0 amide bonds. The summed E-state index contributed by atoms with van der Waals surface area (Å²) in [6.07, 6.45) is 4.61. The van der Waals surface area contributed by atoms with E-state index in [2.05, 4.69) is 0 Å². The normalized spacial score (nSPS) is 14.3. The van der Waals surface area contributed by atoms with Gasteiger partial charge in [0.2, 0.25) is 5.43 Å². The highest BCUT2D eigenvalue weighted by Gasteiger charge is 2.28. The Morgan fingerprint density at radius 3 is 2.61 bits per heavy atom. The number of pyridine rings is 1. The summed E-state index contributed by atoms with van der Waals surface area (Å²) in [6.45, 7) is 0. The Morgan fingerprint density at radius 2 is 1.90 bits per heavy atom. The summed E-state index contributed by atoms with van der Waals surface area (Å²) < 4.78 is 35.8. The Labute approximate surface area is 180 Å². The average Bonchev–Trinajstić information content (AvgIpc) is 2.70. The maximum Gasteiger partial charge on any atom is 0.270 e. The lowest BCUT2D eigenvalue weighted by Gasteiger charge is -2.28. The van der Waals surface area contributed by atoms with Crippen molar-refractivity contribution < 1.29 is 13.2 Å². The van der Waals surface area contributed by atoms with E-state index in [1.807, 2.05) is 12.3 Å². The average molecular weight is 439 g/mol. The van der Waals surface area contributed by atoms with E-state index in [0.29, 0.717) is 22.4 Å². The molecule has 1 aliphatic rings. The van der Waals surface area contributed by atoms with Gasteiger partial charge < -0.3 is 4.42 Å². The highest BCUT2D eigenvalue weighted by atomic mass is 32.2. The van der Waals surface area contributed by atoms with E-state index in [1.54, 1.807) is 30.0 Å². The number of thioether (sulfide) groups is 1. The Morgan fingerprint density at radius 1 is 1.10 bits per heavy atom. The van der Waals surface area contributed by atoms with Crippen molar-refractivity contribution in [1.29, 1.82) is 0 Å². The van der Waals surface area contributed by atoms with Crippen molar-refractivity contribution in [3.8, 4) is 5.69 Å². The summed E-state index contributed by atoms with van der Waals surface area (Å²) in [5, 5.41) is 0.152. The SMILES string of the molecule is CSCc1ccc2oc3cc(C4CCC4)n(-c4cccc(F)c4F)c(=O)c3c(=O)c2c1. The van der Waals surface area contributed by atoms with Crippen molar-refractivity contribution in [2.24, 2.45) is 0 Å². The van der Waals surface area contributed by atoms with Crippen LogP contribution in [-0.2, 0) is 5.75 Å². The molecule has 1 fully saturated rings. The minimum atomic E-state index is -1.11. The third kappa shape index (κ3) is 3.19. The van der Waals surface area contributed by atoms with Crippen molar-refractivity contribution in [3.05, 3.63) is 85.9 Å². The lowest BCUT2D eigenvalue weighted by molar-refractivity contribution is 0.402. The minimum absolute atomic E-state index is 0.0183. The standard InChI is InChI=1S/C24H19F2NO3S/c1-31-12-13-8-9-19-15(10-13)23(28)21-20(30-19)11-18(14-4-2-5-14)27(24(21)29)17-7-3-6-16(25)22(17)26/h3,6-11,14H,2,4-5,12H2,1H3. The van der Waals surface area contributed by atoms with Crippen molar-refractivity contribution in [2.45, 2.75) is 30.9 Å². The van der Waals surface area contributed by atoms with Crippen LogP contribution in [0.5, 0.6) is 0 Å². The molecule has 1 saturated carbocycles. The van der Waals surface area contributed by atoms with E-state index in [9.17, 15) is 18.4 Å². The van der Waals surface area contributed by atoms with Gasteiger partial charge in [0.25, 0.3) is 5.56 Å². The highest BCUT2D eigenvalue weighted by Crippen LogP contribution is 2.38. The largest absolute Gasteiger partial charge is 0.456 e. The monoisotopic (exact) mass is 439 g/mol. The molecule has 2 heterocycles. The molecule has 1 aliphatic carbocycles. The van der Waals surface area contributed by atoms with Crippen LogP contribution in [0.1, 0.15) is 36.4 Å². The van der Waals surface area contributed by atoms with E-state index in [4.69, 9.17) is 4.42 Å². The van der Waals surface area contributed by atoms with Gasteiger partial charge in [-0.15, -0.1) is 0 Å². The highest BCUT2D eigenvalue weighted by molar-refractivity contribution is 7.97. The zero-order valence-electron chi connectivity index (χ0n) is 16.8. The van der Waals surface area contributed by atoms with Gasteiger partial charge in [0.1, 0.15) is 16.6 Å². The summed E-state index contributed by atoms with van der Waals surface area (Å²) in [6, 6.07) is 10.7. The quantitative estimate of drug-likeness (QED) is 0.394. The second kappa shape index (κ2) is 7.64. The number of aromatic nitrogens is 1. The fourth-order valence-corrected chi connectivity index (χ4v) is 4.68. The van der Waals surface area contributed by atoms with Gasteiger partial charge in [0.15, 0.2) is 11.6 Å². The van der Waals surface area contributed by atoms with Crippen LogP contribution >= 0.6 is 11.8 Å². The van der Waals surface area contributed by atoms with Crippen molar-refractivity contribution in [2.75, 3.05) is 6.26 Å². The Kier molecular flexibility index (Phi) is 4.93. The molecule has 2 aromatic carbocycles. The molecule has 158 valence electrons. The number of rotatable bonds is 4. The van der Waals surface area contributed by atoms with Crippen LogP contribution in [0, 0.1) is 11.6 Å². The molecule has 0 bridgehead atoms. The fourth-order valence-electron chi connectivity index (χ4n) is 4.17. The minimum Gasteiger partial charge on any atom is -0.456 e. The molecule has 2 aromatic heterocycles. The van der Waals surface area contributed by atoms with Gasteiger partial charge in [-0.2, -0.15) is 11.8 Å². The molecule has 0 spiro atoms. The van der Waals surface area contributed by atoms with Crippen molar-refractivity contribution in [1.82, 2.24) is 4.57 Å². The van der Waals surface area contributed by atoms with E-state index >= 15 is 0 Å². The third-order valence-electron chi connectivity index (χ3n) is 5.94. The molecule has 7 heteroatoms. The number of hydrogen-bond donors (Lipinski definition) is 0. The molecule has 31 heavy (non-hydrogen) atoms. The maximum atomic E-state index is 14.7. The van der Waals surface area contributed by atoms with Crippen LogP contribution in [0.25, 0.3) is 27.6 Å². The van der Waals surface area contributed by atoms with Crippen molar-refractivity contribution in [3.63, 3.8) is 0 Å². The lowest BCUT2D eigenvalue weighted by Crippen LogP contribution is -2.29. The molecule has 0 radical (unpaired) electrons. The van der Waals surface area contributed by atoms with Gasteiger partial charge in [-0.25, -0.2) is 8.78 Å². The Balaban J connectivity index is 1.89. The van der Waals surface area contributed by atoms with Crippen LogP contribution in [0.3, 0.4) is 0 Å². The number of halogens is 2. The van der Waals surface area contributed by atoms with Gasteiger partial charge in [-0.05, 0) is 54.8 Å². The molecule has 0 aliphatic heterocycles. The van der Waals surface area contributed by atoms with E-state index in [0.717, 1.165) is 35.5 Å². The number of nitrogens with zero attached hydrogens (tertiary/aromatic N) is 1. The number of fused-ring (bicyclic) bond motifs is 2. The second-order valence-corrected chi connectivity index (χ2v) is 8.71. The predicted molar refractivity (Wildman–Crippen MR) is 119 cm³/mol. The lowest BCUT2D eigenvalue weighted by atomic mass is 9.82. The van der Waals surface area contributed by atoms with Gasteiger partial charge in [-0.1, -0.05) is 18.6 Å². The first-order valence-corrected chi connectivity index (χ1v) is 11.5. The molecule has 0 unspecified atom stereocenters. The van der Waals surface area contributed by atoms with Crippen LogP contribution < -0.4 is 11.0 Å². The molecular formula is C24H19F2NO3S. The summed E-state index contributed by atoms with van der Waals surface area (Å²) in [4.78, 5) is 26.9. The van der Waals surface area contributed by atoms with Gasteiger partial charge in [-0.3, -0.25) is 14.2 Å². The first-order valence-electron chi connectivity index (χ1n) is 10.1. The van der Waals surface area contributed by atoms with Gasteiger partial charge in [0.05, 0.1) is 11.1 Å². The maximum absolute atomic E-state index is 14.7. The molecule has 0 saturated heterocycles. The Hall–Kier alpha value is -2.93. The smallest absolute Gasteiger partial charge is 0.270 e. The van der Waals surface area contributed by atoms with Crippen LogP contribution in [-0.4, -0.2) is 10.8 Å². The first-order chi connectivity index (χ1) is 15.0. The van der Waals surface area contributed by atoms with Crippen LogP contribution in [0.4, 0.5) is 8.78 Å². The zero-order chi connectivity index (χ0) is 21.7. The first kappa shape index (κ1) is 20.0. The molecule has 0 atom stereocenters. The molecule has 0 N–H and O–H groups in total. The number of benzene rings is 2. The molecule has 5 rings (SSSR count). The fraction of sp³-hybridized carbons (Fsp3) is 0.250. The summed E-state index contributed by atoms with van der Waals surface area (Å²) in [5.74, 6) is -1.43. The molecule has 4 aromatic rings. The van der Waals surface area contributed by atoms with E-state index in [1.165, 1.54) is 12.1 Å². The Bertz CT molecular complexity index is 1450. The number of hydrogen-bond acceptors (Lipinski definition) is 4. The summed E-state index contributed by atoms with van der Waals surface area (Å²) in [5.41, 5.74) is 0.712. The third-order valence-corrected chi connectivity index (χ3v) is 6.56. The topological polar surface area (TPSA) is 52.2 Å². The van der Waals surface area contributed by atoms with Crippen LogP contribution in [0.15, 0.2) is 56.5 Å². The van der Waals surface area contributed by atoms with Crippen LogP contribution in [0.2, 0.25) is 0 Å². The zero-order valence-corrected chi connectivity index (χ0v) is 17.6. The van der Waals surface area contributed by atoms with Gasteiger partial charge >= 0.3 is 0 Å². The van der Waals surface area contributed by atoms with Gasteiger partial charge in [0, 0.05) is 17.5 Å². The van der Waals surface area contributed by atoms with Crippen molar-refractivity contribution >= 4 is 33.7 Å². The van der Waals surface area contributed by atoms with E-state index in [-0.39, 0.29) is 22.6 Å². The molecular weight excluding hydrogens is 420 g/mol. The second-order valence-electron chi connectivity index (χ2n) is 7.84. The summed E-state index contributed by atoms with van der Waals surface area (Å²) in [7, 11) is 0. The van der Waals surface area contributed by atoms with E-state index < -0.39 is 22.6 Å². The molecule has 4 nitrogen and oxygen atoms in total.